The van der Waals surface area contributed by atoms with Crippen LogP contribution in [0.25, 0.3) is 22.2 Å². The van der Waals surface area contributed by atoms with Gasteiger partial charge in [-0.15, -0.1) is 0 Å². The number of rotatable bonds is 2. The number of carbonyl (C=O) groups excluding carboxylic acids is 1. The highest BCUT2D eigenvalue weighted by Gasteiger charge is 2.38. The lowest BCUT2D eigenvalue weighted by atomic mass is 9.80. The van der Waals surface area contributed by atoms with E-state index in [0.717, 1.165) is 51.9 Å². The number of halogens is 1. The van der Waals surface area contributed by atoms with Crippen LogP contribution in [0.4, 0.5) is 4.39 Å². The molecule has 1 fully saturated rings. The predicted octanol–water partition coefficient (Wildman–Crippen LogP) is 5.02. The van der Waals surface area contributed by atoms with Gasteiger partial charge in [0, 0.05) is 47.4 Å². The standard InChI is InChI=1S/C26H22FN3O/c27-18-8-9-23-20(14-18)24-21(13-16-5-1-2-6-19(16)25(24)29-23)26(31)30-12-10-17(15-30)22-7-3-4-11-28-22/h1-9,11,14,17,21,29H,10,12-13,15H2. The maximum absolute atomic E-state index is 14.1. The van der Waals surface area contributed by atoms with Gasteiger partial charge in [0.25, 0.3) is 0 Å². The van der Waals surface area contributed by atoms with Crippen molar-refractivity contribution in [1.29, 1.82) is 0 Å². The van der Waals surface area contributed by atoms with Gasteiger partial charge in [0.15, 0.2) is 0 Å². The van der Waals surface area contributed by atoms with Crippen molar-refractivity contribution in [3.8, 4) is 11.3 Å². The number of nitrogens with one attached hydrogen (secondary N) is 1. The third-order valence-electron chi connectivity index (χ3n) is 6.76. The van der Waals surface area contributed by atoms with Gasteiger partial charge in [-0.05, 0) is 54.3 Å². The largest absolute Gasteiger partial charge is 0.354 e. The topological polar surface area (TPSA) is 49.0 Å². The van der Waals surface area contributed by atoms with Gasteiger partial charge in [-0.2, -0.15) is 0 Å². The average molecular weight is 411 g/mol. The third kappa shape index (κ3) is 2.95. The molecule has 1 saturated heterocycles. The molecule has 2 unspecified atom stereocenters. The van der Waals surface area contributed by atoms with E-state index < -0.39 is 0 Å². The Morgan fingerprint density at radius 1 is 1.10 bits per heavy atom. The number of hydrogen-bond donors (Lipinski definition) is 1. The molecule has 5 heteroatoms. The van der Waals surface area contributed by atoms with Crippen LogP contribution in [0.1, 0.15) is 35.1 Å². The van der Waals surface area contributed by atoms with E-state index in [1.165, 1.54) is 6.07 Å². The molecule has 1 aliphatic heterocycles. The molecule has 4 nitrogen and oxygen atoms in total. The Balaban J connectivity index is 1.40. The Bertz CT molecular complexity index is 1300. The number of aromatic nitrogens is 2. The first-order valence-corrected chi connectivity index (χ1v) is 10.8. The maximum atomic E-state index is 14.1. The Labute approximate surface area is 179 Å². The Morgan fingerprint density at radius 2 is 1.97 bits per heavy atom. The van der Waals surface area contributed by atoms with Gasteiger partial charge in [-0.3, -0.25) is 9.78 Å². The molecule has 1 N–H and O–H groups in total. The van der Waals surface area contributed by atoms with Gasteiger partial charge in [0.05, 0.1) is 11.6 Å². The van der Waals surface area contributed by atoms with E-state index in [2.05, 4.69) is 22.1 Å². The predicted molar refractivity (Wildman–Crippen MR) is 118 cm³/mol. The van der Waals surface area contributed by atoms with Crippen LogP contribution in [0.5, 0.6) is 0 Å². The van der Waals surface area contributed by atoms with Gasteiger partial charge in [-0.1, -0.05) is 30.3 Å². The van der Waals surface area contributed by atoms with Crippen molar-refractivity contribution in [2.45, 2.75) is 24.7 Å². The molecule has 0 spiro atoms. The first kappa shape index (κ1) is 18.3. The second kappa shape index (κ2) is 7.05. The summed E-state index contributed by atoms with van der Waals surface area (Å²) in [6.45, 7) is 1.41. The highest BCUT2D eigenvalue weighted by Crippen LogP contribution is 2.44. The molecule has 2 atom stereocenters. The molecular formula is C26H22FN3O. The average Bonchev–Trinajstić information content (AvgIpc) is 3.44. The molecule has 2 aliphatic rings. The van der Waals surface area contributed by atoms with Gasteiger partial charge in [0.2, 0.25) is 5.91 Å². The van der Waals surface area contributed by atoms with E-state index in [1.807, 2.05) is 41.4 Å². The lowest BCUT2D eigenvalue weighted by Gasteiger charge is -2.28. The van der Waals surface area contributed by atoms with E-state index in [-0.39, 0.29) is 23.6 Å². The molecule has 154 valence electrons. The Morgan fingerprint density at radius 3 is 2.84 bits per heavy atom. The van der Waals surface area contributed by atoms with Crippen LogP contribution in [0, 0.1) is 5.82 Å². The summed E-state index contributed by atoms with van der Waals surface area (Å²) in [5, 5.41) is 0.809. The van der Waals surface area contributed by atoms with E-state index in [0.29, 0.717) is 13.0 Å². The molecule has 31 heavy (non-hydrogen) atoms. The fourth-order valence-corrected chi connectivity index (χ4v) is 5.27. The Kier molecular flexibility index (Phi) is 4.16. The number of likely N-dealkylation sites (tertiary alicyclic amines) is 1. The van der Waals surface area contributed by atoms with Crippen molar-refractivity contribution >= 4 is 16.8 Å². The minimum absolute atomic E-state index is 0.124. The van der Waals surface area contributed by atoms with Crippen molar-refractivity contribution in [3.05, 3.63) is 89.5 Å². The van der Waals surface area contributed by atoms with E-state index in [1.54, 1.807) is 12.1 Å². The normalized spacial score (nSPS) is 20.0. The number of carbonyl (C=O) groups is 1. The summed E-state index contributed by atoms with van der Waals surface area (Å²) in [6.07, 6.45) is 3.36. The smallest absolute Gasteiger partial charge is 0.230 e. The van der Waals surface area contributed by atoms with Crippen LogP contribution in [0.15, 0.2) is 66.9 Å². The summed E-state index contributed by atoms with van der Waals surface area (Å²) in [5.41, 5.74) is 6.04. The highest BCUT2D eigenvalue weighted by molar-refractivity contribution is 5.99. The molecule has 0 saturated carbocycles. The summed E-state index contributed by atoms with van der Waals surface area (Å²) >= 11 is 0. The minimum Gasteiger partial charge on any atom is -0.354 e. The summed E-state index contributed by atoms with van der Waals surface area (Å²) in [4.78, 5) is 23.7. The summed E-state index contributed by atoms with van der Waals surface area (Å²) in [6, 6.07) is 18.9. The van der Waals surface area contributed by atoms with Crippen LogP contribution in [-0.4, -0.2) is 33.9 Å². The zero-order chi connectivity index (χ0) is 20.9. The van der Waals surface area contributed by atoms with Crippen LogP contribution in [0.3, 0.4) is 0 Å². The van der Waals surface area contributed by atoms with Crippen molar-refractivity contribution in [2.75, 3.05) is 13.1 Å². The molecule has 4 aromatic rings. The molecule has 1 aliphatic carbocycles. The minimum atomic E-state index is -0.317. The number of aromatic amines is 1. The quantitative estimate of drug-likeness (QED) is 0.503. The molecular weight excluding hydrogens is 389 g/mol. The first-order valence-electron chi connectivity index (χ1n) is 10.8. The fraction of sp³-hybridized carbons (Fsp3) is 0.231. The maximum Gasteiger partial charge on any atom is 0.230 e. The molecule has 1 amide bonds. The lowest BCUT2D eigenvalue weighted by Crippen LogP contribution is -2.35. The molecule has 2 aromatic carbocycles. The number of fused-ring (bicyclic) bond motifs is 5. The second-order valence-corrected chi connectivity index (χ2v) is 8.54. The van der Waals surface area contributed by atoms with Gasteiger partial charge < -0.3 is 9.88 Å². The highest BCUT2D eigenvalue weighted by atomic mass is 19.1. The van der Waals surface area contributed by atoms with Crippen LogP contribution >= 0.6 is 0 Å². The number of hydrogen-bond acceptors (Lipinski definition) is 2. The number of H-pyrrole nitrogens is 1. The first-order chi connectivity index (χ1) is 15.2. The molecule has 0 bridgehead atoms. The van der Waals surface area contributed by atoms with Gasteiger partial charge >= 0.3 is 0 Å². The SMILES string of the molecule is O=C(C1Cc2ccccc2-c2[nH]c3ccc(F)cc3c21)N1CCC(c2ccccn2)C1. The summed E-state index contributed by atoms with van der Waals surface area (Å²) < 4.78 is 14.1. The van der Waals surface area contributed by atoms with E-state index in [9.17, 15) is 9.18 Å². The molecule has 3 heterocycles. The van der Waals surface area contributed by atoms with Crippen LogP contribution in [-0.2, 0) is 11.2 Å². The lowest BCUT2D eigenvalue weighted by molar-refractivity contribution is -0.131. The number of benzene rings is 2. The van der Waals surface area contributed by atoms with Crippen molar-refractivity contribution in [1.82, 2.24) is 14.9 Å². The van der Waals surface area contributed by atoms with Gasteiger partial charge in [0.1, 0.15) is 5.82 Å². The molecule has 6 rings (SSSR count). The van der Waals surface area contributed by atoms with Crippen LogP contribution < -0.4 is 0 Å². The summed E-state index contributed by atoms with van der Waals surface area (Å²) in [7, 11) is 0. The summed E-state index contributed by atoms with van der Waals surface area (Å²) in [5.74, 6) is -0.209. The zero-order valence-electron chi connectivity index (χ0n) is 17.0. The number of nitrogens with zero attached hydrogens (tertiary/aromatic N) is 2. The number of amides is 1. The zero-order valence-corrected chi connectivity index (χ0v) is 17.0. The Hall–Kier alpha value is -3.47. The van der Waals surface area contributed by atoms with Crippen molar-refractivity contribution in [2.24, 2.45) is 0 Å². The monoisotopic (exact) mass is 411 g/mol. The van der Waals surface area contributed by atoms with E-state index >= 15 is 0 Å². The second-order valence-electron chi connectivity index (χ2n) is 8.54. The van der Waals surface area contributed by atoms with Crippen LogP contribution in [0.2, 0.25) is 0 Å². The number of pyridine rings is 1. The molecule has 0 radical (unpaired) electrons. The fourth-order valence-electron chi connectivity index (χ4n) is 5.27. The van der Waals surface area contributed by atoms with Crippen molar-refractivity contribution < 1.29 is 9.18 Å². The van der Waals surface area contributed by atoms with E-state index in [4.69, 9.17) is 0 Å². The third-order valence-corrected chi connectivity index (χ3v) is 6.76. The van der Waals surface area contributed by atoms with Crippen molar-refractivity contribution in [3.63, 3.8) is 0 Å². The van der Waals surface area contributed by atoms with Gasteiger partial charge in [-0.25, -0.2) is 4.39 Å². The molecule has 2 aromatic heterocycles.